The molecule has 3 rings (SSSR count). The molecule has 1 aromatic carbocycles. The molecule has 2 aromatic rings. The monoisotopic (exact) mass is 243 g/mol. The molecule has 1 aliphatic rings. The van der Waals surface area contributed by atoms with Gasteiger partial charge in [-0.2, -0.15) is 0 Å². The third kappa shape index (κ3) is 2.05. The van der Waals surface area contributed by atoms with Crippen molar-refractivity contribution in [1.82, 2.24) is 4.57 Å². The molecule has 0 spiro atoms. The van der Waals surface area contributed by atoms with Gasteiger partial charge in [0.05, 0.1) is 6.10 Å². The van der Waals surface area contributed by atoms with Crippen LogP contribution in [-0.2, 0) is 0 Å². The zero-order valence-corrected chi connectivity index (χ0v) is 11.0. The predicted molar refractivity (Wildman–Crippen MR) is 74.7 cm³/mol. The number of nitrogens with zero attached hydrogens (tertiary/aromatic N) is 1. The summed E-state index contributed by atoms with van der Waals surface area (Å²) in [7, 11) is 0. The SMILES string of the molecule is CC(O)c1ccc2ccn(C3CCCCC3)c2c1. The van der Waals surface area contributed by atoms with Gasteiger partial charge in [0.15, 0.2) is 0 Å². The van der Waals surface area contributed by atoms with Crippen LogP contribution in [0.15, 0.2) is 30.5 Å². The lowest BCUT2D eigenvalue weighted by molar-refractivity contribution is 0.199. The first-order valence-corrected chi connectivity index (χ1v) is 7.04. The second-order valence-electron chi connectivity index (χ2n) is 5.51. The van der Waals surface area contributed by atoms with E-state index in [4.69, 9.17) is 0 Å². The highest BCUT2D eigenvalue weighted by atomic mass is 16.3. The molecule has 0 saturated heterocycles. The number of rotatable bonds is 2. The lowest BCUT2D eigenvalue weighted by atomic mass is 9.95. The second-order valence-corrected chi connectivity index (χ2v) is 5.51. The fourth-order valence-corrected chi connectivity index (χ4v) is 3.10. The van der Waals surface area contributed by atoms with Crippen LogP contribution in [0.3, 0.4) is 0 Å². The van der Waals surface area contributed by atoms with Crippen molar-refractivity contribution in [2.45, 2.75) is 51.2 Å². The minimum absolute atomic E-state index is 0.385. The van der Waals surface area contributed by atoms with Gasteiger partial charge in [0.2, 0.25) is 0 Å². The smallest absolute Gasteiger partial charge is 0.0762 e. The Labute approximate surface area is 108 Å². The summed E-state index contributed by atoms with van der Waals surface area (Å²) in [4.78, 5) is 0. The normalized spacial score (nSPS) is 19.2. The van der Waals surface area contributed by atoms with Crippen molar-refractivity contribution in [3.05, 3.63) is 36.0 Å². The van der Waals surface area contributed by atoms with E-state index in [0.717, 1.165) is 5.56 Å². The average Bonchev–Trinajstić information content (AvgIpc) is 2.82. The molecule has 2 heteroatoms. The van der Waals surface area contributed by atoms with Crippen molar-refractivity contribution in [1.29, 1.82) is 0 Å². The molecule has 96 valence electrons. The quantitative estimate of drug-likeness (QED) is 0.840. The summed E-state index contributed by atoms with van der Waals surface area (Å²) >= 11 is 0. The lowest BCUT2D eigenvalue weighted by Crippen LogP contribution is -2.11. The Balaban J connectivity index is 2.03. The van der Waals surface area contributed by atoms with Crippen molar-refractivity contribution >= 4 is 10.9 Å². The molecule has 1 aliphatic carbocycles. The van der Waals surface area contributed by atoms with Crippen molar-refractivity contribution in [2.24, 2.45) is 0 Å². The minimum atomic E-state index is -0.385. The van der Waals surface area contributed by atoms with E-state index in [2.05, 4.69) is 29.0 Å². The molecule has 1 atom stereocenters. The maximum absolute atomic E-state index is 9.71. The van der Waals surface area contributed by atoms with Crippen LogP contribution < -0.4 is 0 Å². The van der Waals surface area contributed by atoms with Gasteiger partial charge in [0.1, 0.15) is 0 Å². The van der Waals surface area contributed by atoms with Crippen LogP contribution in [-0.4, -0.2) is 9.67 Å². The van der Waals surface area contributed by atoms with E-state index in [1.54, 1.807) is 0 Å². The number of hydrogen-bond donors (Lipinski definition) is 1. The molecule has 1 fully saturated rings. The zero-order valence-electron chi connectivity index (χ0n) is 11.0. The first-order valence-electron chi connectivity index (χ1n) is 7.04. The van der Waals surface area contributed by atoms with Gasteiger partial charge in [-0.15, -0.1) is 0 Å². The Kier molecular flexibility index (Phi) is 3.13. The van der Waals surface area contributed by atoms with E-state index in [1.807, 2.05) is 13.0 Å². The first-order chi connectivity index (χ1) is 8.75. The minimum Gasteiger partial charge on any atom is -0.389 e. The molecule has 0 radical (unpaired) electrons. The van der Waals surface area contributed by atoms with E-state index in [-0.39, 0.29) is 6.10 Å². The topological polar surface area (TPSA) is 25.2 Å². The summed E-state index contributed by atoms with van der Waals surface area (Å²) in [5.74, 6) is 0. The molecule has 18 heavy (non-hydrogen) atoms. The van der Waals surface area contributed by atoms with Crippen LogP contribution in [0.25, 0.3) is 10.9 Å². The molecule has 0 bridgehead atoms. The van der Waals surface area contributed by atoms with E-state index < -0.39 is 0 Å². The molecular formula is C16H21NO. The summed E-state index contributed by atoms with van der Waals surface area (Å²) in [6, 6.07) is 9.14. The Morgan fingerprint density at radius 2 is 1.94 bits per heavy atom. The number of hydrogen-bond acceptors (Lipinski definition) is 1. The van der Waals surface area contributed by atoms with Gasteiger partial charge in [-0.05, 0) is 42.8 Å². The van der Waals surface area contributed by atoms with Gasteiger partial charge in [0, 0.05) is 17.8 Å². The van der Waals surface area contributed by atoms with Crippen molar-refractivity contribution in [3.8, 4) is 0 Å². The lowest BCUT2D eigenvalue weighted by Gasteiger charge is -2.24. The molecule has 1 heterocycles. The first kappa shape index (κ1) is 11.8. The largest absolute Gasteiger partial charge is 0.389 e. The van der Waals surface area contributed by atoms with Crippen LogP contribution in [0.2, 0.25) is 0 Å². The van der Waals surface area contributed by atoms with Crippen molar-refractivity contribution < 1.29 is 5.11 Å². The molecule has 1 unspecified atom stereocenters. The number of aliphatic hydroxyl groups is 1. The van der Waals surface area contributed by atoms with Gasteiger partial charge < -0.3 is 9.67 Å². The number of benzene rings is 1. The number of aromatic nitrogens is 1. The van der Waals surface area contributed by atoms with E-state index in [0.29, 0.717) is 6.04 Å². The van der Waals surface area contributed by atoms with Crippen LogP contribution in [0, 0.1) is 0 Å². The van der Waals surface area contributed by atoms with Crippen LogP contribution in [0.5, 0.6) is 0 Å². The molecule has 1 saturated carbocycles. The predicted octanol–water partition coefficient (Wildman–Crippen LogP) is 4.20. The summed E-state index contributed by atoms with van der Waals surface area (Å²) in [6.45, 7) is 1.83. The highest BCUT2D eigenvalue weighted by molar-refractivity contribution is 5.81. The van der Waals surface area contributed by atoms with Crippen LogP contribution in [0.4, 0.5) is 0 Å². The summed E-state index contributed by atoms with van der Waals surface area (Å²) in [6.07, 6.45) is 8.50. The molecule has 0 aliphatic heterocycles. The molecule has 1 N–H and O–H groups in total. The Bertz CT molecular complexity index is 535. The van der Waals surface area contributed by atoms with Gasteiger partial charge >= 0.3 is 0 Å². The number of fused-ring (bicyclic) bond motifs is 1. The maximum atomic E-state index is 9.71. The van der Waals surface area contributed by atoms with Gasteiger partial charge in [0.25, 0.3) is 0 Å². The Morgan fingerprint density at radius 3 is 2.67 bits per heavy atom. The summed E-state index contributed by atoms with van der Waals surface area (Å²) < 4.78 is 2.42. The van der Waals surface area contributed by atoms with Gasteiger partial charge in [-0.3, -0.25) is 0 Å². The van der Waals surface area contributed by atoms with E-state index in [9.17, 15) is 5.11 Å². The molecule has 1 aromatic heterocycles. The summed E-state index contributed by atoms with van der Waals surface area (Å²) in [5, 5.41) is 11.0. The zero-order chi connectivity index (χ0) is 12.5. The van der Waals surface area contributed by atoms with Crippen molar-refractivity contribution in [2.75, 3.05) is 0 Å². The fraction of sp³-hybridized carbons (Fsp3) is 0.500. The van der Waals surface area contributed by atoms with Crippen molar-refractivity contribution in [3.63, 3.8) is 0 Å². The standard InChI is InChI=1S/C16H21NO/c1-12(18)14-8-7-13-9-10-17(16(13)11-14)15-5-3-2-4-6-15/h7-12,15,18H,2-6H2,1H3. The van der Waals surface area contributed by atoms with Gasteiger partial charge in [-0.25, -0.2) is 0 Å². The Hall–Kier alpha value is -1.28. The molecular weight excluding hydrogens is 222 g/mol. The Morgan fingerprint density at radius 1 is 1.17 bits per heavy atom. The third-order valence-electron chi connectivity index (χ3n) is 4.20. The van der Waals surface area contributed by atoms with E-state index in [1.165, 1.54) is 43.0 Å². The average molecular weight is 243 g/mol. The van der Waals surface area contributed by atoms with Crippen LogP contribution in [0.1, 0.15) is 56.7 Å². The highest BCUT2D eigenvalue weighted by Crippen LogP contribution is 2.32. The van der Waals surface area contributed by atoms with Gasteiger partial charge in [-0.1, -0.05) is 31.4 Å². The highest BCUT2D eigenvalue weighted by Gasteiger charge is 2.16. The molecule has 0 amide bonds. The fourth-order valence-electron chi connectivity index (χ4n) is 3.10. The second kappa shape index (κ2) is 4.77. The number of aliphatic hydroxyl groups excluding tert-OH is 1. The van der Waals surface area contributed by atoms with E-state index >= 15 is 0 Å². The summed E-state index contributed by atoms with van der Waals surface area (Å²) in [5.41, 5.74) is 2.29. The third-order valence-corrected chi connectivity index (χ3v) is 4.20. The van der Waals surface area contributed by atoms with Crippen LogP contribution >= 0.6 is 0 Å². The maximum Gasteiger partial charge on any atom is 0.0762 e. The molecule has 2 nitrogen and oxygen atoms in total.